The van der Waals surface area contributed by atoms with Crippen LogP contribution in [0.5, 0.6) is 0 Å². The van der Waals surface area contributed by atoms with Gasteiger partial charge in [-0.05, 0) is 59.8 Å². The molecule has 0 fully saturated rings. The number of thioether (sulfide) groups is 1. The van der Waals surface area contributed by atoms with E-state index in [4.69, 9.17) is 16.6 Å². The summed E-state index contributed by atoms with van der Waals surface area (Å²) in [6.45, 7) is 2.73. The van der Waals surface area contributed by atoms with Gasteiger partial charge >= 0.3 is 0 Å². The lowest BCUT2D eigenvalue weighted by Gasteiger charge is -2.11. The zero-order valence-corrected chi connectivity index (χ0v) is 19.5. The highest BCUT2D eigenvalue weighted by Crippen LogP contribution is 2.27. The van der Waals surface area contributed by atoms with Crippen molar-refractivity contribution in [2.24, 2.45) is 0 Å². The van der Waals surface area contributed by atoms with Crippen LogP contribution in [0.3, 0.4) is 0 Å². The first-order chi connectivity index (χ1) is 14.8. The van der Waals surface area contributed by atoms with E-state index in [1.54, 1.807) is 35.0 Å². The van der Waals surface area contributed by atoms with Crippen molar-refractivity contribution in [1.82, 2.24) is 34.1 Å². The van der Waals surface area contributed by atoms with Crippen LogP contribution < -0.4 is 0 Å². The van der Waals surface area contributed by atoms with E-state index in [1.807, 2.05) is 19.1 Å². The van der Waals surface area contributed by atoms with Gasteiger partial charge in [-0.3, -0.25) is 0 Å². The zero-order valence-electron chi connectivity index (χ0n) is 17.1. The molecule has 0 unspecified atom stereocenters. The number of hydrogen-bond donors (Lipinski definition) is 0. The van der Waals surface area contributed by atoms with Gasteiger partial charge in [-0.1, -0.05) is 23.4 Å². The van der Waals surface area contributed by atoms with Crippen molar-refractivity contribution >= 4 is 44.4 Å². The fraction of sp³-hybridized carbons (Fsp3) is 0.263. The number of hydrogen-bond acceptors (Lipinski definition) is 7. The standard InChI is InChI=1S/C19H20ClN7O2S2/c1-4-26-17-10-9-15(31(28,29)25(2)3)11-16(17)21-18(26)12-30-19-22-23-24-27(19)14-7-5-13(20)6-8-14/h5-11H,4,12H2,1-3H3. The number of aromatic nitrogens is 6. The van der Waals surface area contributed by atoms with Crippen LogP contribution in [0.15, 0.2) is 52.5 Å². The summed E-state index contributed by atoms with van der Waals surface area (Å²) in [6, 6.07) is 12.3. The molecular weight excluding hydrogens is 458 g/mol. The Morgan fingerprint density at radius 2 is 1.87 bits per heavy atom. The molecule has 0 aliphatic carbocycles. The molecule has 2 heterocycles. The van der Waals surface area contributed by atoms with E-state index < -0.39 is 10.0 Å². The average molecular weight is 478 g/mol. The first kappa shape index (κ1) is 21.8. The molecule has 4 rings (SSSR count). The Balaban J connectivity index is 1.64. The van der Waals surface area contributed by atoms with Crippen LogP contribution in [0.4, 0.5) is 0 Å². The average Bonchev–Trinajstić information content (AvgIpc) is 3.35. The molecule has 0 saturated carbocycles. The highest BCUT2D eigenvalue weighted by Gasteiger charge is 2.20. The first-order valence-corrected chi connectivity index (χ1v) is 12.2. The quantitative estimate of drug-likeness (QED) is 0.377. The minimum absolute atomic E-state index is 0.219. The van der Waals surface area contributed by atoms with Crippen LogP contribution in [0, 0.1) is 0 Å². The maximum Gasteiger partial charge on any atom is 0.242 e. The second-order valence-electron chi connectivity index (χ2n) is 6.85. The van der Waals surface area contributed by atoms with Gasteiger partial charge in [0.2, 0.25) is 15.2 Å². The first-order valence-electron chi connectivity index (χ1n) is 9.40. The Hall–Kier alpha value is -2.47. The predicted octanol–water partition coefficient (Wildman–Crippen LogP) is 3.23. The van der Waals surface area contributed by atoms with E-state index in [2.05, 4.69) is 20.1 Å². The van der Waals surface area contributed by atoms with Crippen LogP contribution in [0.25, 0.3) is 16.7 Å². The normalized spacial score (nSPS) is 12.2. The van der Waals surface area contributed by atoms with Crippen molar-refractivity contribution in [2.75, 3.05) is 14.1 Å². The number of halogens is 1. The van der Waals surface area contributed by atoms with Crippen molar-refractivity contribution in [3.63, 3.8) is 0 Å². The van der Waals surface area contributed by atoms with E-state index in [1.165, 1.54) is 30.2 Å². The van der Waals surface area contributed by atoms with Gasteiger partial charge < -0.3 is 4.57 Å². The molecule has 0 amide bonds. The second kappa shape index (κ2) is 8.58. The Morgan fingerprint density at radius 1 is 1.13 bits per heavy atom. The lowest BCUT2D eigenvalue weighted by Crippen LogP contribution is -2.22. The number of nitrogens with zero attached hydrogens (tertiary/aromatic N) is 7. The molecule has 4 aromatic rings. The molecular formula is C19H20ClN7O2S2. The lowest BCUT2D eigenvalue weighted by molar-refractivity contribution is 0.521. The van der Waals surface area contributed by atoms with Crippen molar-refractivity contribution in [3.8, 4) is 5.69 Å². The maximum atomic E-state index is 12.5. The van der Waals surface area contributed by atoms with Crippen molar-refractivity contribution in [1.29, 1.82) is 0 Å². The highest BCUT2D eigenvalue weighted by molar-refractivity contribution is 7.98. The molecule has 0 saturated heterocycles. The van der Waals surface area contributed by atoms with Crippen LogP contribution in [-0.2, 0) is 22.3 Å². The van der Waals surface area contributed by atoms with Crippen LogP contribution in [0.2, 0.25) is 5.02 Å². The van der Waals surface area contributed by atoms with Gasteiger partial charge in [0.1, 0.15) is 5.82 Å². The van der Waals surface area contributed by atoms with E-state index in [0.29, 0.717) is 28.0 Å². The SMILES string of the molecule is CCn1c(CSc2nnnn2-c2ccc(Cl)cc2)nc2cc(S(=O)(=O)N(C)C)ccc21. The van der Waals surface area contributed by atoms with Crippen molar-refractivity contribution < 1.29 is 8.42 Å². The van der Waals surface area contributed by atoms with Gasteiger partial charge in [-0.15, -0.1) is 5.10 Å². The van der Waals surface area contributed by atoms with E-state index >= 15 is 0 Å². The van der Waals surface area contributed by atoms with Crippen molar-refractivity contribution in [2.45, 2.75) is 29.3 Å². The van der Waals surface area contributed by atoms with E-state index in [0.717, 1.165) is 17.0 Å². The van der Waals surface area contributed by atoms with Crippen molar-refractivity contribution in [3.05, 3.63) is 53.3 Å². The molecule has 0 bridgehead atoms. The van der Waals surface area contributed by atoms with Gasteiger partial charge in [-0.2, -0.15) is 4.68 Å². The van der Waals surface area contributed by atoms with Gasteiger partial charge in [0.25, 0.3) is 0 Å². The summed E-state index contributed by atoms with van der Waals surface area (Å²) in [6.07, 6.45) is 0. The largest absolute Gasteiger partial charge is 0.328 e. The number of imidazole rings is 1. The third-order valence-corrected chi connectivity index (χ3v) is 7.71. The molecule has 2 aromatic carbocycles. The molecule has 0 spiro atoms. The summed E-state index contributed by atoms with van der Waals surface area (Å²) in [4.78, 5) is 4.91. The van der Waals surface area contributed by atoms with Gasteiger partial charge in [0.05, 0.1) is 27.4 Å². The molecule has 9 nitrogen and oxygen atoms in total. The third-order valence-electron chi connectivity index (χ3n) is 4.74. The van der Waals surface area contributed by atoms with Gasteiger partial charge in [0.15, 0.2) is 0 Å². The number of fused-ring (bicyclic) bond motifs is 1. The number of rotatable bonds is 7. The molecule has 0 N–H and O–H groups in total. The minimum atomic E-state index is -3.53. The number of tetrazole rings is 1. The third kappa shape index (κ3) is 4.18. The molecule has 0 aliphatic rings. The van der Waals surface area contributed by atoms with E-state index in [9.17, 15) is 8.42 Å². The molecule has 12 heteroatoms. The monoisotopic (exact) mass is 477 g/mol. The number of sulfonamides is 1. The van der Waals surface area contributed by atoms with Crippen LogP contribution in [0.1, 0.15) is 12.7 Å². The Labute approximate surface area is 189 Å². The fourth-order valence-electron chi connectivity index (χ4n) is 3.14. The topological polar surface area (TPSA) is 98.8 Å². The molecule has 0 radical (unpaired) electrons. The summed E-state index contributed by atoms with van der Waals surface area (Å²) in [5.41, 5.74) is 2.32. The lowest BCUT2D eigenvalue weighted by atomic mass is 10.3. The maximum absolute atomic E-state index is 12.5. The van der Waals surface area contributed by atoms with E-state index in [-0.39, 0.29) is 4.90 Å². The Bertz CT molecular complexity index is 1330. The predicted molar refractivity (Wildman–Crippen MR) is 120 cm³/mol. The summed E-state index contributed by atoms with van der Waals surface area (Å²) in [5, 5.41) is 13.2. The van der Waals surface area contributed by atoms with Crippen LogP contribution in [-0.4, -0.2) is 56.6 Å². The smallest absolute Gasteiger partial charge is 0.242 e. The molecule has 0 atom stereocenters. The minimum Gasteiger partial charge on any atom is -0.328 e. The summed E-state index contributed by atoms with van der Waals surface area (Å²) in [5.74, 6) is 1.33. The fourth-order valence-corrected chi connectivity index (χ4v) is 5.02. The van der Waals surface area contributed by atoms with Gasteiger partial charge in [-0.25, -0.2) is 17.7 Å². The second-order valence-corrected chi connectivity index (χ2v) is 10.4. The number of benzene rings is 2. The zero-order chi connectivity index (χ0) is 22.2. The summed E-state index contributed by atoms with van der Waals surface area (Å²) >= 11 is 7.41. The molecule has 0 aliphatic heterocycles. The molecule has 162 valence electrons. The Kier molecular flexibility index (Phi) is 6.02. The molecule has 2 aromatic heterocycles. The highest BCUT2D eigenvalue weighted by atomic mass is 35.5. The summed E-state index contributed by atoms with van der Waals surface area (Å²) < 4.78 is 29.8. The number of aryl methyl sites for hydroxylation is 1. The van der Waals surface area contributed by atoms with Gasteiger partial charge in [0, 0.05) is 25.7 Å². The molecule has 31 heavy (non-hydrogen) atoms. The van der Waals surface area contributed by atoms with Crippen LogP contribution >= 0.6 is 23.4 Å². The summed E-state index contributed by atoms with van der Waals surface area (Å²) in [7, 11) is -0.504. The Morgan fingerprint density at radius 3 is 2.55 bits per heavy atom.